The maximum absolute atomic E-state index is 8.48. The van der Waals surface area contributed by atoms with E-state index in [1.807, 2.05) is 6.92 Å². The molecule has 1 N–H and O–H groups in total. The van der Waals surface area contributed by atoms with Crippen molar-refractivity contribution < 1.29 is 24.1 Å². The maximum atomic E-state index is 8.48. The largest absolute Gasteiger partial charge is 0.394 e. The molecular weight excluding hydrogens is 200 g/mol. The van der Waals surface area contributed by atoms with Gasteiger partial charge in [0.15, 0.2) is 0 Å². The zero-order valence-electron chi connectivity index (χ0n) is 9.61. The number of ether oxygens (including phenoxy) is 4. The molecule has 0 aromatic rings. The summed E-state index contributed by atoms with van der Waals surface area (Å²) in [5.41, 5.74) is 0. The predicted octanol–water partition coefficient (Wildman–Crippen LogP) is 0.0634. The van der Waals surface area contributed by atoms with Crippen molar-refractivity contribution in [2.24, 2.45) is 0 Å². The number of aliphatic hydroxyl groups excluding tert-OH is 1. The first kappa shape index (κ1) is 14.8. The summed E-state index contributed by atoms with van der Waals surface area (Å²) in [6, 6.07) is 0. The van der Waals surface area contributed by atoms with Crippen LogP contribution in [0.5, 0.6) is 0 Å². The number of methoxy groups -OCH3 is 1. The summed E-state index contributed by atoms with van der Waals surface area (Å²) < 4.78 is 20.5. The van der Waals surface area contributed by atoms with Crippen molar-refractivity contribution in [2.45, 2.75) is 13.0 Å². The van der Waals surface area contributed by atoms with Crippen LogP contribution in [0, 0.1) is 0 Å². The minimum absolute atomic E-state index is 0.0302. The third kappa shape index (κ3) is 11.7. The van der Waals surface area contributed by atoms with E-state index in [2.05, 4.69) is 0 Å². The van der Waals surface area contributed by atoms with E-state index in [0.29, 0.717) is 39.6 Å². The smallest absolute Gasteiger partial charge is 0.0781 e. The molecule has 0 rings (SSSR count). The fourth-order valence-electron chi connectivity index (χ4n) is 0.915. The molecule has 0 spiro atoms. The highest BCUT2D eigenvalue weighted by atomic mass is 16.6. The van der Waals surface area contributed by atoms with Gasteiger partial charge in [0, 0.05) is 7.11 Å². The van der Waals surface area contributed by atoms with Crippen LogP contribution in [-0.4, -0.2) is 64.6 Å². The minimum atomic E-state index is 0.0302. The van der Waals surface area contributed by atoms with Crippen LogP contribution in [-0.2, 0) is 18.9 Å². The van der Waals surface area contributed by atoms with Crippen LogP contribution in [0.15, 0.2) is 0 Å². The van der Waals surface area contributed by atoms with Crippen LogP contribution in [0.1, 0.15) is 6.92 Å². The van der Waals surface area contributed by atoms with Crippen molar-refractivity contribution in [3.63, 3.8) is 0 Å². The number of hydrogen-bond donors (Lipinski definition) is 1. The SMILES string of the molecule is COCCOCCOC(C)COCCO. The molecule has 5 heteroatoms. The van der Waals surface area contributed by atoms with Crippen LogP contribution in [0.4, 0.5) is 0 Å². The first-order valence-electron chi connectivity index (χ1n) is 5.18. The predicted molar refractivity (Wildman–Crippen MR) is 56.0 cm³/mol. The molecule has 0 aliphatic heterocycles. The van der Waals surface area contributed by atoms with E-state index in [1.54, 1.807) is 7.11 Å². The van der Waals surface area contributed by atoms with Crippen molar-refractivity contribution >= 4 is 0 Å². The van der Waals surface area contributed by atoms with Crippen molar-refractivity contribution in [1.82, 2.24) is 0 Å². The Morgan fingerprint density at radius 1 is 1.00 bits per heavy atom. The zero-order valence-corrected chi connectivity index (χ0v) is 9.61. The second-order valence-electron chi connectivity index (χ2n) is 3.09. The van der Waals surface area contributed by atoms with E-state index < -0.39 is 0 Å². The summed E-state index contributed by atoms with van der Waals surface area (Å²) in [5.74, 6) is 0. The van der Waals surface area contributed by atoms with Gasteiger partial charge in [-0.15, -0.1) is 0 Å². The van der Waals surface area contributed by atoms with Crippen LogP contribution < -0.4 is 0 Å². The van der Waals surface area contributed by atoms with Crippen LogP contribution in [0.25, 0.3) is 0 Å². The molecule has 0 aromatic heterocycles. The van der Waals surface area contributed by atoms with Gasteiger partial charge in [-0.25, -0.2) is 0 Å². The van der Waals surface area contributed by atoms with Crippen LogP contribution in [0.3, 0.4) is 0 Å². The summed E-state index contributed by atoms with van der Waals surface area (Å²) in [6.07, 6.45) is 0.0302. The molecule has 0 fully saturated rings. The highest BCUT2D eigenvalue weighted by Gasteiger charge is 2.01. The standard InChI is InChI=1S/C10H22O5/c1-10(9-14-4-3-11)15-8-7-13-6-5-12-2/h10-11H,3-9H2,1-2H3. The van der Waals surface area contributed by atoms with Gasteiger partial charge in [0.1, 0.15) is 0 Å². The first-order chi connectivity index (χ1) is 7.31. The normalized spacial score (nSPS) is 13.0. The highest BCUT2D eigenvalue weighted by Crippen LogP contribution is 1.92. The average molecular weight is 222 g/mol. The van der Waals surface area contributed by atoms with Crippen LogP contribution in [0.2, 0.25) is 0 Å². The van der Waals surface area contributed by atoms with Gasteiger partial charge < -0.3 is 24.1 Å². The highest BCUT2D eigenvalue weighted by molar-refractivity contribution is 4.46. The third-order valence-electron chi connectivity index (χ3n) is 1.65. The van der Waals surface area contributed by atoms with E-state index in [9.17, 15) is 0 Å². The summed E-state index contributed by atoms with van der Waals surface area (Å²) in [6.45, 7) is 5.14. The number of hydrogen-bond acceptors (Lipinski definition) is 5. The van der Waals surface area contributed by atoms with Gasteiger partial charge in [-0.05, 0) is 6.92 Å². The second-order valence-corrected chi connectivity index (χ2v) is 3.09. The molecule has 0 saturated carbocycles. The molecule has 0 aliphatic rings. The maximum Gasteiger partial charge on any atom is 0.0781 e. The quantitative estimate of drug-likeness (QED) is 0.501. The molecule has 0 amide bonds. The van der Waals surface area contributed by atoms with Gasteiger partial charge in [-0.1, -0.05) is 0 Å². The molecule has 0 heterocycles. The molecule has 92 valence electrons. The third-order valence-corrected chi connectivity index (χ3v) is 1.65. The van der Waals surface area contributed by atoms with Gasteiger partial charge in [0.25, 0.3) is 0 Å². The van der Waals surface area contributed by atoms with E-state index >= 15 is 0 Å². The van der Waals surface area contributed by atoms with E-state index in [4.69, 9.17) is 24.1 Å². The molecule has 5 nitrogen and oxygen atoms in total. The Morgan fingerprint density at radius 2 is 1.73 bits per heavy atom. The zero-order chi connectivity index (χ0) is 11.4. The topological polar surface area (TPSA) is 57.2 Å². The fourth-order valence-corrected chi connectivity index (χ4v) is 0.915. The van der Waals surface area contributed by atoms with Gasteiger partial charge in [-0.3, -0.25) is 0 Å². The van der Waals surface area contributed by atoms with Gasteiger partial charge in [0.05, 0.1) is 52.4 Å². The molecule has 0 aliphatic carbocycles. The van der Waals surface area contributed by atoms with Crippen molar-refractivity contribution in [3.8, 4) is 0 Å². The summed E-state index contributed by atoms with van der Waals surface area (Å²) in [5, 5.41) is 8.48. The molecule has 0 bridgehead atoms. The lowest BCUT2D eigenvalue weighted by Gasteiger charge is -2.13. The number of aliphatic hydroxyl groups is 1. The Morgan fingerprint density at radius 3 is 2.40 bits per heavy atom. The molecule has 15 heavy (non-hydrogen) atoms. The Hall–Kier alpha value is -0.200. The lowest BCUT2D eigenvalue weighted by molar-refractivity contribution is -0.0386. The van der Waals surface area contributed by atoms with Crippen molar-refractivity contribution in [3.05, 3.63) is 0 Å². The molecule has 1 unspecified atom stereocenters. The molecule has 0 saturated heterocycles. The summed E-state index contributed by atoms with van der Waals surface area (Å²) >= 11 is 0. The Balaban J connectivity index is 3.06. The van der Waals surface area contributed by atoms with Crippen LogP contribution >= 0.6 is 0 Å². The van der Waals surface area contributed by atoms with Gasteiger partial charge in [0.2, 0.25) is 0 Å². The molecule has 0 radical (unpaired) electrons. The Labute approximate surface area is 91.3 Å². The minimum Gasteiger partial charge on any atom is -0.394 e. The lowest BCUT2D eigenvalue weighted by atomic mass is 10.4. The molecular formula is C10H22O5. The van der Waals surface area contributed by atoms with E-state index in [1.165, 1.54) is 0 Å². The average Bonchev–Trinajstić information content (AvgIpc) is 2.23. The number of rotatable bonds is 11. The first-order valence-corrected chi connectivity index (χ1v) is 5.18. The lowest BCUT2D eigenvalue weighted by Crippen LogP contribution is -2.20. The fraction of sp³-hybridized carbons (Fsp3) is 1.00. The second kappa shape index (κ2) is 11.9. The Bertz CT molecular complexity index is 120. The monoisotopic (exact) mass is 222 g/mol. The molecule has 1 atom stereocenters. The van der Waals surface area contributed by atoms with Gasteiger partial charge in [-0.2, -0.15) is 0 Å². The van der Waals surface area contributed by atoms with Gasteiger partial charge >= 0.3 is 0 Å². The van der Waals surface area contributed by atoms with E-state index in [0.717, 1.165) is 0 Å². The van der Waals surface area contributed by atoms with E-state index in [-0.39, 0.29) is 12.7 Å². The summed E-state index contributed by atoms with van der Waals surface area (Å²) in [7, 11) is 1.64. The summed E-state index contributed by atoms with van der Waals surface area (Å²) in [4.78, 5) is 0. The Kier molecular flexibility index (Phi) is 11.7. The van der Waals surface area contributed by atoms with Crippen molar-refractivity contribution in [2.75, 3.05) is 53.4 Å². The molecule has 0 aromatic carbocycles. The van der Waals surface area contributed by atoms with Crippen molar-refractivity contribution in [1.29, 1.82) is 0 Å².